The maximum atomic E-state index is 4.34. The smallest absolute Gasteiger partial charge is 0.191 e. The Labute approximate surface area is 161 Å². The van der Waals surface area contributed by atoms with Gasteiger partial charge in [0.15, 0.2) is 5.96 Å². The summed E-state index contributed by atoms with van der Waals surface area (Å²) in [6.45, 7) is 4.51. The van der Waals surface area contributed by atoms with Crippen LogP contribution in [0.2, 0.25) is 0 Å². The molecular weight excluding hydrogens is 334 g/mol. The SMILES string of the molecule is CCc1ccccc1CNC(=NC)NCc1cccc(Cn2ccnc2)c1. The third-order valence-electron chi connectivity index (χ3n) is 4.54. The average molecular weight is 361 g/mol. The molecule has 5 heteroatoms. The number of rotatable bonds is 7. The first-order valence-electron chi connectivity index (χ1n) is 9.33. The molecule has 27 heavy (non-hydrogen) atoms. The highest BCUT2D eigenvalue weighted by Gasteiger charge is 2.03. The summed E-state index contributed by atoms with van der Waals surface area (Å²) < 4.78 is 2.07. The van der Waals surface area contributed by atoms with Crippen molar-refractivity contribution in [2.24, 2.45) is 4.99 Å². The lowest BCUT2D eigenvalue weighted by Gasteiger charge is -2.14. The van der Waals surface area contributed by atoms with Crippen LogP contribution in [0.25, 0.3) is 0 Å². The Morgan fingerprint density at radius 2 is 1.78 bits per heavy atom. The third kappa shape index (κ3) is 5.45. The third-order valence-corrected chi connectivity index (χ3v) is 4.54. The van der Waals surface area contributed by atoms with E-state index in [0.717, 1.165) is 32.0 Å². The van der Waals surface area contributed by atoms with Crippen LogP contribution in [0.4, 0.5) is 0 Å². The van der Waals surface area contributed by atoms with E-state index >= 15 is 0 Å². The van der Waals surface area contributed by atoms with E-state index in [9.17, 15) is 0 Å². The summed E-state index contributed by atoms with van der Waals surface area (Å²) in [5.74, 6) is 0.806. The summed E-state index contributed by atoms with van der Waals surface area (Å²) in [7, 11) is 1.80. The van der Waals surface area contributed by atoms with Crippen LogP contribution in [-0.4, -0.2) is 22.6 Å². The molecule has 2 aromatic carbocycles. The molecule has 0 atom stereocenters. The number of nitrogens with zero attached hydrogens (tertiary/aromatic N) is 3. The van der Waals surface area contributed by atoms with Crippen molar-refractivity contribution in [1.82, 2.24) is 20.2 Å². The van der Waals surface area contributed by atoms with E-state index in [1.54, 1.807) is 13.2 Å². The molecular formula is C22H27N5. The Bertz CT molecular complexity index is 868. The second-order valence-electron chi connectivity index (χ2n) is 6.46. The maximum Gasteiger partial charge on any atom is 0.191 e. The monoisotopic (exact) mass is 361 g/mol. The normalized spacial score (nSPS) is 11.4. The van der Waals surface area contributed by atoms with Crippen molar-refractivity contribution < 1.29 is 0 Å². The number of aromatic nitrogens is 2. The highest BCUT2D eigenvalue weighted by molar-refractivity contribution is 5.79. The van der Waals surface area contributed by atoms with Crippen molar-refractivity contribution in [1.29, 1.82) is 0 Å². The fourth-order valence-corrected chi connectivity index (χ4v) is 3.09. The van der Waals surface area contributed by atoms with Crippen LogP contribution in [0.15, 0.2) is 72.2 Å². The molecule has 140 valence electrons. The molecule has 2 N–H and O–H groups in total. The molecule has 0 amide bonds. The van der Waals surface area contributed by atoms with Gasteiger partial charge in [-0.3, -0.25) is 4.99 Å². The standard InChI is InChI=1S/C22H27N5/c1-3-20-9-4-5-10-21(20)15-26-22(23-2)25-14-18-7-6-8-19(13-18)16-27-12-11-24-17-27/h4-13,17H,3,14-16H2,1-2H3,(H2,23,25,26). The zero-order valence-corrected chi connectivity index (χ0v) is 16.0. The van der Waals surface area contributed by atoms with Crippen LogP contribution in [-0.2, 0) is 26.1 Å². The Morgan fingerprint density at radius 3 is 2.52 bits per heavy atom. The molecule has 0 saturated heterocycles. The van der Waals surface area contributed by atoms with Crippen molar-refractivity contribution in [3.63, 3.8) is 0 Å². The molecule has 0 fully saturated rings. The van der Waals surface area contributed by atoms with E-state index in [1.165, 1.54) is 22.3 Å². The molecule has 1 aromatic heterocycles. The lowest BCUT2D eigenvalue weighted by atomic mass is 10.1. The van der Waals surface area contributed by atoms with Crippen LogP contribution in [0, 0.1) is 0 Å². The largest absolute Gasteiger partial charge is 0.352 e. The van der Waals surface area contributed by atoms with E-state index in [2.05, 4.69) is 80.6 Å². The van der Waals surface area contributed by atoms with Crippen molar-refractivity contribution in [3.05, 3.63) is 89.5 Å². The Morgan fingerprint density at radius 1 is 1.00 bits per heavy atom. The fraction of sp³-hybridized carbons (Fsp3) is 0.273. The van der Waals surface area contributed by atoms with Crippen molar-refractivity contribution in [2.75, 3.05) is 7.05 Å². The molecule has 1 heterocycles. The van der Waals surface area contributed by atoms with Gasteiger partial charge in [-0.25, -0.2) is 4.98 Å². The van der Waals surface area contributed by atoms with Gasteiger partial charge in [0.05, 0.1) is 6.33 Å². The van der Waals surface area contributed by atoms with Gasteiger partial charge in [0.2, 0.25) is 0 Å². The molecule has 0 aliphatic carbocycles. The second kappa shape index (κ2) is 9.57. The van der Waals surface area contributed by atoms with Crippen molar-refractivity contribution in [3.8, 4) is 0 Å². The van der Waals surface area contributed by atoms with E-state index in [-0.39, 0.29) is 0 Å². The molecule has 0 spiro atoms. The van der Waals surface area contributed by atoms with E-state index in [1.807, 2.05) is 12.5 Å². The van der Waals surface area contributed by atoms with Gasteiger partial charge in [-0.1, -0.05) is 55.5 Å². The number of hydrogen-bond donors (Lipinski definition) is 2. The highest BCUT2D eigenvalue weighted by Crippen LogP contribution is 2.09. The maximum absolute atomic E-state index is 4.34. The number of aryl methyl sites for hydroxylation is 1. The Kier molecular flexibility index (Phi) is 6.63. The van der Waals surface area contributed by atoms with Crippen molar-refractivity contribution in [2.45, 2.75) is 33.0 Å². The molecule has 0 saturated carbocycles. The molecule has 3 rings (SSSR count). The van der Waals surface area contributed by atoms with Crippen LogP contribution in [0.5, 0.6) is 0 Å². The van der Waals surface area contributed by atoms with Crippen LogP contribution >= 0.6 is 0 Å². The Hall–Kier alpha value is -3.08. The zero-order chi connectivity index (χ0) is 18.9. The fourth-order valence-electron chi connectivity index (χ4n) is 3.09. The van der Waals surface area contributed by atoms with Gasteiger partial charge in [-0.05, 0) is 28.7 Å². The van der Waals surface area contributed by atoms with Gasteiger partial charge >= 0.3 is 0 Å². The molecule has 3 aromatic rings. The number of hydrogen-bond acceptors (Lipinski definition) is 2. The first-order chi connectivity index (χ1) is 13.3. The quantitative estimate of drug-likeness (QED) is 0.501. The van der Waals surface area contributed by atoms with Crippen LogP contribution < -0.4 is 10.6 Å². The van der Waals surface area contributed by atoms with E-state index in [4.69, 9.17) is 0 Å². The number of aliphatic imine (C=N–C) groups is 1. The van der Waals surface area contributed by atoms with Crippen molar-refractivity contribution >= 4 is 5.96 Å². The van der Waals surface area contributed by atoms with E-state index < -0.39 is 0 Å². The Balaban J connectivity index is 1.55. The minimum absolute atomic E-state index is 0.729. The first-order valence-corrected chi connectivity index (χ1v) is 9.33. The summed E-state index contributed by atoms with van der Waals surface area (Å²) in [4.78, 5) is 8.43. The lowest BCUT2D eigenvalue weighted by molar-refractivity contribution is 0.785. The molecule has 0 aliphatic heterocycles. The van der Waals surface area contributed by atoms with Gasteiger partial charge in [-0.2, -0.15) is 0 Å². The van der Waals surface area contributed by atoms with Gasteiger partial charge in [0.25, 0.3) is 0 Å². The molecule has 0 unspecified atom stereocenters. The summed E-state index contributed by atoms with van der Waals surface area (Å²) in [6, 6.07) is 17.1. The van der Waals surface area contributed by atoms with Gasteiger partial charge < -0.3 is 15.2 Å². The summed E-state index contributed by atoms with van der Waals surface area (Å²) in [5.41, 5.74) is 5.16. The van der Waals surface area contributed by atoms with Gasteiger partial charge in [0, 0.05) is 39.1 Å². The zero-order valence-electron chi connectivity index (χ0n) is 16.0. The molecule has 0 aliphatic rings. The highest BCUT2D eigenvalue weighted by atomic mass is 15.2. The average Bonchev–Trinajstić information content (AvgIpc) is 3.21. The minimum atomic E-state index is 0.729. The molecule has 0 radical (unpaired) electrons. The first kappa shape index (κ1) is 18.7. The lowest BCUT2D eigenvalue weighted by Crippen LogP contribution is -2.36. The second-order valence-corrected chi connectivity index (χ2v) is 6.46. The predicted octanol–water partition coefficient (Wildman–Crippen LogP) is 3.36. The minimum Gasteiger partial charge on any atom is -0.352 e. The molecule has 5 nitrogen and oxygen atoms in total. The predicted molar refractivity (Wildman–Crippen MR) is 111 cm³/mol. The van der Waals surface area contributed by atoms with Gasteiger partial charge in [0.1, 0.15) is 0 Å². The van der Waals surface area contributed by atoms with Crippen LogP contribution in [0.3, 0.4) is 0 Å². The summed E-state index contributed by atoms with van der Waals surface area (Å²) in [6.07, 6.45) is 6.65. The number of guanidine groups is 1. The number of benzene rings is 2. The van der Waals surface area contributed by atoms with E-state index in [0.29, 0.717) is 0 Å². The van der Waals surface area contributed by atoms with Crippen LogP contribution in [0.1, 0.15) is 29.2 Å². The number of nitrogens with one attached hydrogen (secondary N) is 2. The molecule has 0 bridgehead atoms. The summed E-state index contributed by atoms with van der Waals surface area (Å²) >= 11 is 0. The number of imidazole rings is 1. The summed E-state index contributed by atoms with van der Waals surface area (Å²) in [5, 5.41) is 6.81. The van der Waals surface area contributed by atoms with Gasteiger partial charge in [-0.15, -0.1) is 0 Å². The topological polar surface area (TPSA) is 54.2 Å².